The largest absolute Gasteiger partial charge is 0.358 e. The highest BCUT2D eigenvalue weighted by Crippen LogP contribution is 2.26. The highest BCUT2D eigenvalue weighted by molar-refractivity contribution is 5.83. The molecule has 3 aromatic rings. The van der Waals surface area contributed by atoms with E-state index in [4.69, 9.17) is 5.26 Å². The maximum atomic E-state index is 13.9. The van der Waals surface area contributed by atoms with E-state index in [1.54, 1.807) is 32.2 Å². The molecule has 0 aliphatic carbocycles. The third kappa shape index (κ3) is 5.78. The van der Waals surface area contributed by atoms with Crippen LogP contribution in [0.5, 0.6) is 0 Å². The van der Waals surface area contributed by atoms with Gasteiger partial charge >= 0.3 is 0 Å². The number of halogens is 1. The molecule has 0 saturated carbocycles. The van der Waals surface area contributed by atoms with Crippen molar-refractivity contribution in [1.29, 1.82) is 5.26 Å². The summed E-state index contributed by atoms with van der Waals surface area (Å²) in [6, 6.07) is 23.5. The molecule has 0 radical (unpaired) electrons. The number of likely N-dealkylation sites (N-methyl/N-ethyl adjacent to an activating group) is 1. The molecule has 5 heteroatoms. The topological polar surface area (TPSA) is 64.9 Å². The van der Waals surface area contributed by atoms with Crippen LogP contribution in [0.4, 0.5) is 4.39 Å². The third-order valence-corrected chi connectivity index (χ3v) is 5.40. The second kappa shape index (κ2) is 10.5. The van der Waals surface area contributed by atoms with Crippen LogP contribution in [0, 0.1) is 24.1 Å². The van der Waals surface area contributed by atoms with E-state index in [0.29, 0.717) is 17.5 Å². The van der Waals surface area contributed by atoms with Gasteiger partial charge in [0.25, 0.3) is 0 Å². The van der Waals surface area contributed by atoms with E-state index in [0.717, 1.165) is 23.1 Å². The number of nitrogens with one attached hydrogen (secondary N) is 2. The van der Waals surface area contributed by atoms with Crippen molar-refractivity contribution in [3.8, 4) is 6.07 Å². The lowest BCUT2D eigenvalue weighted by Gasteiger charge is -2.26. The van der Waals surface area contributed by atoms with Gasteiger partial charge in [-0.15, -0.1) is 0 Å². The maximum Gasteiger partial charge on any atom is 0.241 e. The monoisotopic (exact) mass is 415 g/mol. The van der Waals surface area contributed by atoms with Crippen LogP contribution >= 0.6 is 0 Å². The average Bonchev–Trinajstić information content (AvgIpc) is 2.81. The van der Waals surface area contributed by atoms with Crippen LogP contribution in [0.25, 0.3) is 0 Å². The van der Waals surface area contributed by atoms with Crippen molar-refractivity contribution in [1.82, 2.24) is 10.6 Å². The Kier molecular flexibility index (Phi) is 7.53. The second-order valence-corrected chi connectivity index (χ2v) is 7.53. The average molecular weight is 416 g/mol. The molecule has 0 aliphatic rings. The molecule has 1 amide bonds. The molecule has 0 bridgehead atoms. The normalized spacial score (nSPS) is 12.6. The predicted molar refractivity (Wildman–Crippen MR) is 120 cm³/mol. The number of amides is 1. The minimum absolute atomic E-state index is 0.131. The Bertz CT molecular complexity index is 1060. The summed E-state index contributed by atoms with van der Waals surface area (Å²) in [5, 5.41) is 15.2. The Morgan fingerprint density at radius 2 is 1.74 bits per heavy atom. The fourth-order valence-electron chi connectivity index (χ4n) is 3.60. The van der Waals surface area contributed by atoms with Crippen molar-refractivity contribution in [3.05, 3.63) is 106 Å². The summed E-state index contributed by atoms with van der Waals surface area (Å²) < 4.78 is 13.9. The SMILES string of the molecule is CNC(=O)[C@@H](N[C@H](CCc1ccc(C#N)cc1)c1ccc(F)c(C)c1)c1ccccc1. The van der Waals surface area contributed by atoms with Gasteiger partial charge in [0.15, 0.2) is 0 Å². The van der Waals surface area contributed by atoms with Gasteiger partial charge < -0.3 is 5.32 Å². The minimum atomic E-state index is -0.539. The van der Waals surface area contributed by atoms with Crippen molar-refractivity contribution in [2.45, 2.75) is 31.8 Å². The van der Waals surface area contributed by atoms with E-state index >= 15 is 0 Å². The Labute approximate surface area is 182 Å². The molecule has 3 aromatic carbocycles. The molecular formula is C26H26FN3O. The number of hydrogen-bond acceptors (Lipinski definition) is 3. The van der Waals surface area contributed by atoms with Gasteiger partial charge in [0.05, 0.1) is 11.6 Å². The molecule has 0 fully saturated rings. The number of carbonyl (C=O) groups excluding carboxylic acids is 1. The predicted octanol–water partition coefficient (Wildman–Crippen LogP) is 4.76. The van der Waals surface area contributed by atoms with Crippen LogP contribution in [0.2, 0.25) is 0 Å². The molecule has 4 nitrogen and oxygen atoms in total. The van der Waals surface area contributed by atoms with E-state index < -0.39 is 6.04 Å². The van der Waals surface area contributed by atoms with Gasteiger partial charge in [-0.05, 0) is 60.2 Å². The standard InChI is InChI=1S/C26H26FN3O/c1-18-16-22(13-14-23(18)27)24(15-12-19-8-10-20(17-28)11-9-19)30-25(26(31)29-2)21-6-4-3-5-7-21/h3-11,13-14,16,24-25,30H,12,15H2,1-2H3,(H,29,31)/t24-,25+/m1/s1. The van der Waals surface area contributed by atoms with Gasteiger partial charge in [-0.1, -0.05) is 54.6 Å². The first-order chi connectivity index (χ1) is 15.0. The zero-order chi connectivity index (χ0) is 22.2. The van der Waals surface area contributed by atoms with Crippen molar-refractivity contribution in [3.63, 3.8) is 0 Å². The van der Waals surface area contributed by atoms with Gasteiger partial charge in [0.2, 0.25) is 5.91 Å². The fraction of sp³-hybridized carbons (Fsp3) is 0.231. The lowest BCUT2D eigenvalue weighted by molar-refractivity contribution is -0.123. The lowest BCUT2D eigenvalue weighted by Crippen LogP contribution is -2.38. The van der Waals surface area contributed by atoms with E-state index in [1.807, 2.05) is 48.5 Å². The van der Waals surface area contributed by atoms with Crippen molar-refractivity contribution in [2.24, 2.45) is 0 Å². The smallest absolute Gasteiger partial charge is 0.241 e. The van der Waals surface area contributed by atoms with Gasteiger partial charge in [-0.3, -0.25) is 10.1 Å². The van der Waals surface area contributed by atoms with Crippen LogP contribution in [0.1, 0.15) is 46.3 Å². The van der Waals surface area contributed by atoms with E-state index in [1.165, 1.54) is 6.07 Å². The second-order valence-electron chi connectivity index (χ2n) is 7.53. The Hall–Kier alpha value is -3.49. The number of rotatable bonds is 8. The van der Waals surface area contributed by atoms with Gasteiger partial charge in [0.1, 0.15) is 11.9 Å². The summed E-state index contributed by atoms with van der Waals surface area (Å²) >= 11 is 0. The summed E-state index contributed by atoms with van der Waals surface area (Å²) in [7, 11) is 1.62. The van der Waals surface area contributed by atoms with Crippen LogP contribution in [-0.4, -0.2) is 13.0 Å². The lowest BCUT2D eigenvalue weighted by atomic mass is 9.95. The maximum absolute atomic E-state index is 13.9. The summed E-state index contributed by atoms with van der Waals surface area (Å²) in [4.78, 5) is 12.7. The zero-order valence-corrected chi connectivity index (χ0v) is 17.7. The highest BCUT2D eigenvalue weighted by atomic mass is 19.1. The van der Waals surface area contributed by atoms with E-state index in [-0.39, 0.29) is 17.8 Å². The first kappa shape index (κ1) is 22.2. The molecular weight excluding hydrogens is 389 g/mol. The van der Waals surface area contributed by atoms with Crippen LogP contribution in [0.15, 0.2) is 72.8 Å². The molecule has 0 saturated heterocycles. The minimum Gasteiger partial charge on any atom is -0.358 e. The van der Waals surface area contributed by atoms with Crippen LogP contribution in [-0.2, 0) is 11.2 Å². The van der Waals surface area contributed by atoms with Gasteiger partial charge in [-0.2, -0.15) is 5.26 Å². The molecule has 0 heterocycles. The molecule has 2 N–H and O–H groups in total. The first-order valence-electron chi connectivity index (χ1n) is 10.3. The molecule has 3 rings (SSSR count). The number of nitriles is 1. The zero-order valence-electron chi connectivity index (χ0n) is 17.7. The molecule has 0 spiro atoms. The molecule has 158 valence electrons. The number of aryl methyl sites for hydroxylation is 2. The Morgan fingerprint density at radius 1 is 1.03 bits per heavy atom. The fourth-order valence-corrected chi connectivity index (χ4v) is 3.60. The van der Waals surface area contributed by atoms with Crippen molar-refractivity contribution >= 4 is 5.91 Å². The third-order valence-electron chi connectivity index (χ3n) is 5.40. The molecule has 0 aliphatic heterocycles. The molecule has 0 unspecified atom stereocenters. The summed E-state index contributed by atoms with van der Waals surface area (Å²) in [5.41, 5.74) is 4.08. The number of nitrogens with zero attached hydrogens (tertiary/aromatic N) is 1. The van der Waals surface area contributed by atoms with Crippen molar-refractivity contribution < 1.29 is 9.18 Å². The molecule has 2 atom stereocenters. The number of carbonyl (C=O) groups is 1. The van der Waals surface area contributed by atoms with E-state index in [2.05, 4.69) is 16.7 Å². The summed E-state index contributed by atoms with van der Waals surface area (Å²) in [6.07, 6.45) is 1.45. The quantitative estimate of drug-likeness (QED) is 0.558. The van der Waals surface area contributed by atoms with E-state index in [9.17, 15) is 9.18 Å². The Morgan fingerprint density at radius 3 is 2.35 bits per heavy atom. The summed E-state index contributed by atoms with van der Waals surface area (Å²) in [5.74, 6) is -0.381. The Balaban J connectivity index is 1.88. The van der Waals surface area contributed by atoms with Gasteiger partial charge in [0, 0.05) is 13.1 Å². The first-order valence-corrected chi connectivity index (χ1v) is 10.3. The van der Waals surface area contributed by atoms with Crippen molar-refractivity contribution in [2.75, 3.05) is 7.05 Å². The highest BCUT2D eigenvalue weighted by Gasteiger charge is 2.24. The number of benzene rings is 3. The number of hydrogen-bond donors (Lipinski definition) is 2. The van der Waals surface area contributed by atoms with Gasteiger partial charge in [-0.25, -0.2) is 4.39 Å². The van der Waals surface area contributed by atoms with Crippen LogP contribution < -0.4 is 10.6 Å². The van der Waals surface area contributed by atoms with Crippen LogP contribution in [0.3, 0.4) is 0 Å². The molecule has 0 aromatic heterocycles. The molecule has 31 heavy (non-hydrogen) atoms. The summed E-state index contributed by atoms with van der Waals surface area (Å²) in [6.45, 7) is 1.74.